The molecule has 0 saturated carbocycles. The third-order valence-corrected chi connectivity index (χ3v) is 3.50. The van der Waals surface area contributed by atoms with Crippen LogP contribution >= 0.6 is 0 Å². The highest BCUT2D eigenvalue weighted by atomic mass is 16.5. The Bertz CT molecular complexity index is 434. The number of carbonyl (C=O) groups is 1. The number of benzene rings is 1. The predicted octanol–water partition coefficient (Wildman–Crippen LogP) is 1.44. The van der Waals surface area contributed by atoms with Crippen LogP contribution < -0.4 is 5.73 Å². The number of nitrogens with two attached hydrogens (primary N) is 1. The van der Waals surface area contributed by atoms with Gasteiger partial charge in [-0.25, -0.2) is 0 Å². The van der Waals surface area contributed by atoms with E-state index in [1.54, 1.807) is 0 Å². The van der Waals surface area contributed by atoms with Gasteiger partial charge >= 0.3 is 0 Å². The van der Waals surface area contributed by atoms with E-state index in [1.807, 2.05) is 36.1 Å². The van der Waals surface area contributed by atoms with Gasteiger partial charge in [-0.2, -0.15) is 0 Å². The summed E-state index contributed by atoms with van der Waals surface area (Å²) in [7, 11) is 0. The van der Waals surface area contributed by atoms with Crippen LogP contribution in [-0.2, 0) is 11.2 Å². The van der Waals surface area contributed by atoms with Crippen molar-refractivity contribution >= 4 is 5.91 Å². The highest BCUT2D eigenvalue weighted by Gasteiger charge is 2.24. The first-order chi connectivity index (χ1) is 9.26. The van der Waals surface area contributed by atoms with Crippen molar-refractivity contribution in [2.24, 2.45) is 5.73 Å². The van der Waals surface area contributed by atoms with Gasteiger partial charge in [0.05, 0.1) is 6.10 Å². The minimum atomic E-state index is -0.0702. The topological polar surface area (TPSA) is 55.6 Å². The summed E-state index contributed by atoms with van der Waals surface area (Å²) in [5.41, 5.74) is 7.67. The molecule has 4 nitrogen and oxygen atoms in total. The third-order valence-electron chi connectivity index (χ3n) is 3.50. The van der Waals surface area contributed by atoms with Crippen LogP contribution in [0.4, 0.5) is 0 Å². The zero-order valence-electron chi connectivity index (χ0n) is 11.5. The van der Waals surface area contributed by atoms with Gasteiger partial charge in [0.2, 0.25) is 0 Å². The van der Waals surface area contributed by atoms with Crippen LogP contribution in [0.3, 0.4) is 0 Å². The molecule has 4 heteroatoms. The van der Waals surface area contributed by atoms with Crippen molar-refractivity contribution in [1.82, 2.24) is 4.90 Å². The molecule has 104 valence electrons. The molecule has 1 aromatic rings. The number of carbonyl (C=O) groups excluding carboxylic acids is 1. The second kappa shape index (κ2) is 6.68. The highest BCUT2D eigenvalue weighted by Crippen LogP contribution is 2.18. The number of fused-ring (bicyclic) bond motifs is 1. The zero-order valence-corrected chi connectivity index (χ0v) is 11.5. The Morgan fingerprint density at radius 2 is 2.21 bits per heavy atom. The Kier molecular flexibility index (Phi) is 4.93. The van der Waals surface area contributed by atoms with Crippen LogP contribution in [0, 0.1) is 0 Å². The maximum Gasteiger partial charge on any atom is 0.254 e. The summed E-state index contributed by atoms with van der Waals surface area (Å²) in [5.74, 6) is 0.103. The molecule has 1 unspecified atom stereocenters. The van der Waals surface area contributed by atoms with E-state index in [2.05, 4.69) is 0 Å². The van der Waals surface area contributed by atoms with Gasteiger partial charge in [0.25, 0.3) is 5.91 Å². The van der Waals surface area contributed by atoms with Crippen LogP contribution in [-0.4, -0.2) is 43.2 Å². The molecular formula is C15H22N2O2. The molecule has 2 rings (SSSR count). The molecule has 1 aromatic carbocycles. The van der Waals surface area contributed by atoms with E-state index in [9.17, 15) is 4.79 Å². The van der Waals surface area contributed by atoms with Crippen molar-refractivity contribution in [3.63, 3.8) is 0 Å². The lowest BCUT2D eigenvalue weighted by Crippen LogP contribution is -2.41. The molecule has 0 radical (unpaired) electrons. The van der Waals surface area contributed by atoms with Crippen LogP contribution in [0.25, 0.3) is 0 Å². The van der Waals surface area contributed by atoms with E-state index in [-0.39, 0.29) is 12.0 Å². The van der Waals surface area contributed by atoms with Crippen LogP contribution in [0.15, 0.2) is 24.3 Å². The smallest absolute Gasteiger partial charge is 0.254 e. The maximum absolute atomic E-state index is 12.5. The van der Waals surface area contributed by atoms with E-state index in [0.29, 0.717) is 19.7 Å². The molecule has 1 aliphatic heterocycles. The van der Waals surface area contributed by atoms with Crippen molar-refractivity contribution < 1.29 is 9.53 Å². The van der Waals surface area contributed by atoms with Gasteiger partial charge in [-0.15, -0.1) is 0 Å². The molecule has 1 atom stereocenters. The second-order valence-electron chi connectivity index (χ2n) is 4.82. The number of nitrogens with zero attached hydrogens (tertiary/aromatic N) is 1. The summed E-state index contributed by atoms with van der Waals surface area (Å²) in [4.78, 5) is 14.4. The van der Waals surface area contributed by atoms with Gasteiger partial charge in [0.15, 0.2) is 0 Å². The molecule has 2 N–H and O–H groups in total. The van der Waals surface area contributed by atoms with Crippen molar-refractivity contribution in [3.05, 3.63) is 35.4 Å². The number of ether oxygens (including phenoxy) is 1. The predicted molar refractivity (Wildman–Crippen MR) is 75.1 cm³/mol. The molecule has 0 aromatic heterocycles. The minimum Gasteiger partial charge on any atom is -0.375 e. The van der Waals surface area contributed by atoms with Gasteiger partial charge in [-0.3, -0.25) is 4.79 Å². The summed E-state index contributed by atoms with van der Waals surface area (Å²) in [6, 6.07) is 7.86. The van der Waals surface area contributed by atoms with Gasteiger partial charge in [0.1, 0.15) is 0 Å². The number of amides is 1. The molecule has 0 bridgehead atoms. The molecular weight excluding hydrogens is 240 g/mol. The van der Waals surface area contributed by atoms with E-state index in [0.717, 1.165) is 30.5 Å². The number of rotatable bonds is 5. The van der Waals surface area contributed by atoms with Crippen molar-refractivity contribution in [3.8, 4) is 0 Å². The van der Waals surface area contributed by atoms with Crippen molar-refractivity contribution in [2.45, 2.75) is 25.9 Å². The summed E-state index contributed by atoms with van der Waals surface area (Å²) in [6.45, 7) is 4.37. The van der Waals surface area contributed by atoms with Crippen molar-refractivity contribution in [2.75, 3.05) is 26.2 Å². The second-order valence-corrected chi connectivity index (χ2v) is 4.82. The Labute approximate surface area is 114 Å². The third kappa shape index (κ3) is 3.33. The fourth-order valence-electron chi connectivity index (χ4n) is 2.53. The fraction of sp³-hybridized carbons (Fsp3) is 0.533. The number of hydrogen-bond donors (Lipinski definition) is 1. The molecule has 19 heavy (non-hydrogen) atoms. The lowest BCUT2D eigenvalue weighted by atomic mass is 10.0. The molecule has 1 heterocycles. The molecule has 0 spiro atoms. The molecule has 0 saturated heterocycles. The van der Waals surface area contributed by atoms with Gasteiger partial charge < -0.3 is 15.4 Å². The lowest BCUT2D eigenvalue weighted by Gasteiger charge is -2.26. The Morgan fingerprint density at radius 3 is 2.95 bits per heavy atom. The number of aryl methyl sites for hydroxylation is 1. The first-order valence-corrected chi connectivity index (χ1v) is 6.95. The summed E-state index contributed by atoms with van der Waals surface area (Å²) >= 11 is 0. The van der Waals surface area contributed by atoms with Gasteiger partial charge in [-0.1, -0.05) is 18.2 Å². The Balaban J connectivity index is 2.12. The summed E-state index contributed by atoms with van der Waals surface area (Å²) in [5, 5.41) is 0. The molecule has 0 aliphatic carbocycles. The lowest BCUT2D eigenvalue weighted by molar-refractivity contribution is 0.0340. The number of hydrogen-bond acceptors (Lipinski definition) is 3. The standard InChI is InChI=1S/C15H22N2O2/c1-2-19-13(10-16)11-17-9-5-7-12-6-3-4-8-14(12)15(17)18/h3-4,6,8,13H,2,5,7,9-11,16H2,1H3. The van der Waals surface area contributed by atoms with E-state index in [1.165, 1.54) is 0 Å². The largest absolute Gasteiger partial charge is 0.375 e. The first-order valence-electron chi connectivity index (χ1n) is 6.95. The SMILES string of the molecule is CCOC(CN)CN1CCCc2ccccc2C1=O. The minimum absolute atomic E-state index is 0.0702. The Morgan fingerprint density at radius 1 is 1.42 bits per heavy atom. The van der Waals surface area contributed by atoms with E-state index < -0.39 is 0 Å². The summed E-state index contributed by atoms with van der Waals surface area (Å²) in [6.07, 6.45) is 1.88. The van der Waals surface area contributed by atoms with E-state index in [4.69, 9.17) is 10.5 Å². The van der Waals surface area contributed by atoms with Crippen molar-refractivity contribution in [1.29, 1.82) is 0 Å². The molecule has 1 amide bonds. The zero-order chi connectivity index (χ0) is 13.7. The van der Waals surface area contributed by atoms with Gasteiger partial charge in [0, 0.05) is 31.8 Å². The van der Waals surface area contributed by atoms with Crippen LogP contribution in [0.1, 0.15) is 29.3 Å². The molecule has 1 aliphatic rings. The maximum atomic E-state index is 12.5. The highest BCUT2D eigenvalue weighted by molar-refractivity contribution is 5.96. The Hall–Kier alpha value is -1.39. The average molecular weight is 262 g/mol. The summed E-state index contributed by atoms with van der Waals surface area (Å²) < 4.78 is 5.55. The van der Waals surface area contributed by atoms with Crippen LogP contribution in [0.5, 0.6) is 0 Å². The van der Waals surface area contributed by atoms with E-state index >= 15 is 0 Å². The van der Waals surface area contributed by atoms with Gasteiger partial charge in [-0.05, 0) is 31.4 Å². The molecule has 0 fully saturated rings. The monoisotopic (exact) mass is 262 g/mol. The fourth-order valence-corrected chi connectivity index (χ4v) is 2.53. The normalized spacial score (nSPS) is 16.9. The quantitative estimate of drug-likeness (QED) is 0.873. The van der Waals surface area contributed by atoms with Crippen LogP contribution in [0.2, 0.25) is 0 Å². The first kappa shape index (κ1) is 14.0. The average Bonchev–Trinajstić information content (AvgIpc) is 2.59.